The Bertz CT molecular complexity index is 696. The average molecular weight is 312 g/mol. The van der Waals surface area contributed by atoms with E-state index in [-0.39, 0.29) is 17.3 Å². The second-order valence-electron chi connectivity index (χ2n) is 5.14. The van der Waals surface area contributed by atoms with Crippen LogP contribution in [0.15, 0.2) is 17.3 Å². The van der Waals surface area contributed by atoms with Crippen LogP contribution in [0.1, 0.15) is 31.7 Å². The number of thioether (sulfide) groups is 1. The van der Waals surface area contributed by atoms with Gasteiger partial charge in [0.2, 0.25) is 0 Å². The molecule has 0 saturated heterocycles. The molecule has 1 aliphatic carbocycles. The highest BCUT2D eigenvalue weighted by Crippen LogP contribution is 2.37. The summed E-state index contributed by atoms with van der Waals surface area (Å²) in [6.07, 6.45) is 3.96. The van der Waals surface area contributed by atoms with E-state index in [1.54, 1.807) is 0 Å². The van der Waals surface area contributed by atoms with Crippen LogP contribution in [0.5, 0.6) is 0 Å². The molecule has 1 N–H and O–H groups in total. The van der Waals surface area contributed by atoms with Crippen molar-refractivity contribution in [1.82, 2.24) is 9.55 Å². The van der Waals surface area contributed by atoms with Gasteiger partial charge in [-0.25, -0.2) is 13.8 Å². The van der Waals surface area contributed by atoms with Gasteiger partial charge in [-0.2, -0.15) is 0 Å². The Balaban J connectivity index is 2.12. The van der Waals surface area contributed by atoms with Crippen LogP contribution < -0.4 is 0 Å². The number of carbonyl (C=O) groups is 1. The Kier molecular flexibility index (Phi) is 3.84. The molecular weight excluding hydrogens is 298 g/mol. The Labute approximate surface area is 124 Å². The molecule has 2 aromatic rings. The van der Waals surface area contributed by atoms with Crippen LogP contribution in [0.4, 0.5) is 8.78 Å². The van der Waals surface area contributed by atoms with Crippen LogP contribution >= 0.6 is 11.8 Å². The van der Waals surface area contributed by atoms with E-state index in [4.69, 9.17) is 5.11 Å². The summed E-state index contributed by atoms with van der Waals surface area (Å²) in [5.74, 6) is -2.47. The van der Waals surface area contributed by atoms with E-state index in [9.17, 15) is 13.6 Å². The fourth-order valence-corrected chi connectivity index (χ4v) is 3.64. The smallest absolute Gasteiger partial charge is 0.313 e. The molecule has 21 heavy (non-hydrogen) atoms. The predicted octanol–water partition coefficient (Wildman–Crippen LogP) is 3.61. The highest BCUT2D eigenvalue weighted by molar-refractivity contribution is 7.99. The van der Waals surface area contributed by atoms with Gasteiger partial charge in [-0.15, -0.1) is 0 Å². The quantitative estimate of drug-likeness (QED) is 0.876. The number of carboxylic acid groups (broad SMARTS) is 1. The summed E-state index contributed by atoms with van der Waals surface area (Å²) >= 11 is 1.05. The molecule has 4 nitrogen and oxygen atoms in total. The number of hydrogen-bond donors (Lipinski definition) is 1. The van der Waals surface area contributed by atoms with Gasteiger partial charge in [-0.1, -0.05) is 24.6 Å². The monoisotopic (exact) mass is 312 g/mol. The average Bonchev–Trinajstić information content (AvgIpc) is 3.02. The van der Waals surface area contributed by atoms with Gasteiger partial charge < -0.3 is 9.67 Å². The van der Waals surface area contributed by atoms with Crippen molar-refractivity contribution in [1.29, 1.82) is 0 Å². The van der Waals surface area contributed by atoms with Crippen LogP contribution in [0.3, 0.4) is 0 Å². The maximum Gasteiger partial charge on any atom is 0.313 e. The summed E-state index contributed by atoms with van der Waals surface area (Å²) in [5, 5.41) is 9.26. The van der Waals surface area contributed by atoms with Crippen LogP contribution in [-0.2, 0) is 4.79 Å². The number of halogens is 2. The third-order valence-electron chi connectivity index (χ3n) is 3.70. The summed E-state index contributed by atoms with van der Waals surface area (Å²) in [6.45, 7) is 0. The molecular formula is C14H14F2N2O2S. The fourth-order valence-electron chi connectivity index (χ4n) is 2.84. The molecule has 1 heterocycles. The molecule has 1 aliphatic rings. The molecule has 0 atom stereocenters. The van der Waals surface area contributed by atoms with Gasteiger partial charge in [0.15, 0.2) is 11.0 Å². The number of rotatable bonds is 4. The molecule has 1 aromatic heterocycles. The molecule has 0 bridgehead atoms. The van der Waals surface area contributed by atoms with Gasteiger partial charge in [0.25, 0.3) is 0 Å². The van der Waals surface area contributed by atoms with Crippen molar-refractivity contribution in [2.45, 2.75) is 36.9 Å². The van der Waals surface area contributed by atoms with Gasteiger partial charge in [0.05, 0.1) is 11.3 Å². The van der Waals surface area contributed by atoms with Crippen molar-refractivity contribution < 1.29 is 18.7 Å². The Morgan fingerprint density at radius 2 is 2.10 bits per heavy atom. The van der Waals surface area contributed by atoms with Crippen molar-refractivity contribution in [3.63, 3.8) is 0 Å². The molecule has 0 aliphatic heterocycles. The van der Waals surface area contributed by atoms with E-state index in [2.05, 4.69) is 4.98 Å². The van der Waals surface area contributed by atoms with Crippen molar-refractivity contribution >= 4 is 28.8 Å². The zero-order valence-corrected chi connectivity index (χ0v) is 12.0. The Morgan fingerprint density at radius 3 is 2.76 bits per heavy atom. The summed E-state index contributed by atoms with van der Waals surface area (Å²) in [4.78, 5) is 14.9. The van der Waals surface area contributed by atoms with Crippen molar-refractivity contribution in [2.24, 2.45) is 0 Å². The topological polar surface area (TPSA) is 55.1 Å². The molecule has 1 saturated carbocycles. The highest BCUT2D eigenvalue weighted by atomic mass is 32.2. The first-order valence-electron chi connectivity index (χ1n) is 6.78. The normalized spacial score (nSPS) is 15.9. The minimum Gasteiger partial charge on any atom is -0.481 e. The number of aromatic nitrogens is 2. The van der Waals surface area contributed by atoms with E-state index in [1.165, 1.54) is 6.07 Å². The van der Waals surface area contributed by atoms with E-state index in [0.29, 0.717) is 10.7 Å². The van der Waals surface area contributed by atoms with Crippen LogP contribution in [0.25, 0.3) is 11.0 Å². The van der Waals surface area contributed by atoms with Crippen molar-refractivity contribution in [3.05, 3.63) is 23.8 Å². The summed E-state index contributed by atoms with van der Waals surface area (Å²) in [7, 11) is 0. The highest BCUT2D eigenvalue weighted by Gasteiger charge is 2.25. The van der Waals surface area contributed by atoms with E-state index in [0.717, 1.165) is 43.5 Å². The third-order valence-corrected chi connectivity index (χ3v) is 4.63. The maximum atomic E-state index is 13.9. The predicted molar refractivity (Wildman–Crippen MR) is 75.5 cm³/mol. The molecule has 3 rings (SSSR count). The molecule has 0 amide bonds. The van der Waals surface area contributed by atoms with Gasteiger partial charge in [-0.3, -0.25) is 4.79 Å². The van der Waals surface area contributed by atoms with Gasteiger partial charge in [-0.05, 0) is 12.8 Å². The first-order valence-corrected chi connectivity index (χ1v) is 7.76. The number of nitrogens with zero attached hydrogens (tertiary/aromatic N) is 2. The van der Waals surface area contributed by atoms with Gasteiger partial charge >= 0.3 is 5.97 Å². The van der Waals surface area contributed by atoms with Crippen LogP contribution in [0.2, 0.25) is 0 Å². The number of carboxylic acids is 1. The largest absolute Gasteiger partial charge is 0.481 e. The number of fused-ring (bicyclic) bond motifs is 1. The number of imidazole rings is 1. The number of aliphatic carboxylic acids is 1. The minimum atomic E-state index is -0.961. The molecule has 0 radical (unpaired) electrons. The second kappa shape index (κ2) is 5.63. The van der Waals surface area contributed by atoms with Crippen molar-refractivity contribution in [2.75, 3.05) is 5.75 Å². The summed E-state index contributed by atoms with van der Waals surface area (Å²) in [6, 6.07) is 2.21. The lowest BCUT2D eigenvalue weighted by Crippen LogP contribution is -2.08. The van der Waals surface area contributed by atoms with E-state index < -0.39 is 17.6 Å². The van der Waals surface area contributed by atoms with Crippen molar-refractivity contribution in [3.8, 4) is 0 Å². The molecule has 1 fully saturated rings. The van der Waals surface area contributed by atoms with Gasteiger partial charge in [0.1, 0.15) is 11.3 Å². The molecule has 0 unspecified atom stereocenters. The Hall–Kier alpha value is -1.63. The Morgan fingerprint density at radius 1 is 1.38 bits per heavy atom. The SMILES string of the molecule is O=C(O)CSc1nc2c(F)cc(F)cc2n1C1CCCC1. The van der Waals surface area contributed by atoms with Gasteiger partial charge in [0, 0.05) is 18.2 Å². The first-order chi connectivity index (χ1) is 10.1. The second-order valence-corrected chi connectivity index (χ2v) is 6.08. The lowest BCUT2D eigenvalue weighted by molar-refractivity contribution is -0.133. The molecule has 0 spiro atoms. The maximum absolute atomic E-state index is 13.9. The zero-order valence-electron chi connectivity index (χ0n) is 11.2. The number of benzene rings is 1. The molecule has 112 valence electrons. The van der Waals surface area contributed by atoms with E-state index >= 15 is 0 Å². The molecule has 1 aromatic carbocycles. The number of hydrogen-bond acceptors (Lipinski definition) is 3. The minimum absolute atomic E-state index is 0.108. The summed E-state index contributed by atoms with van der Waals surface area (Å²) in [5.41, 5.74) is 0.517. The summed E-state index contributed by atoms with van der Waals surface area (Å²) < 4.78 is 29.2. The molecule has 7 heteroatoms. The van der Waals surface area contributed by atoms with Crippen LogP contribution in [0, 0.1) is 11.6 Å². The lowest BCUT2D eigenvalue weighted by Gasteiger charge is -2.15. The van der Waals surface area contributed by atoms with E-state index in [1.807, 2.05) is 4.57 Å². The standard InChI is InChI=1S/C14H14F2N2O2S/c15-8-5-10(16)13-11(6-8)18(9-3-1-2-4-9)14(17-13)21-7-12(19)20/h5-6,9H,1-4,7H2,(H,19,20). The lowest BCUT2D eigenvalue weighted by atomic mass is 10.2. The first kappa shape index (κ1) is 14.3. The van der Waals surface area contributed by atoms with Crippen LogP contribution in [-0.4, -0.2) is 26.4 Å². The zero-order chi connectivity index (χ0) is 15.0. The third kappa shape index (κ3) is 2.74. The fraction of sp³-hybridized carbons (Fsp3) is 0.429.